The molecule has 0 spiro atoms. The first-order valence-corrected chi connectivity index (χ1v) is 11.9. The average molecular weight is 487 g/mol. The predicted octanol–water partition coefficient (Wildman–Crippen LogP) is 7.05. The van der Waals surface area contributed by atoms with E-state index in [9.17, 15) is 9.90 Å². The van der Waals surface area contributed by atoms with Crippen LogP contribution in [0.25, 0.3) is 0 Å². The van der Waals surface area contributed by atoms with Gasteiger partial charge in [0.25, 0.3) is 5.91 Å². The van der Waals surface area contributed by atoms with E-state index in [1.165, 1.54) is 17.8 Å². The summed E-state index contributed by atoms with van der Waals surface area (Å²) in [6, 6.07) is 21.9. The Bertz CT molecular complexity index is 1210. The number of ether oxygens (including phenoxy) is 1. The van der Waals surface area contributed by atoms with E-state index in [2.05, 4.69) is 55.4 Å². The summed E-state index contributed by atoms with van der Waals surface area (Å²) >= 11 is 0. The normalized spacial score (nSPS) is 12.2. The smallest absolute Gasteiger partial charge is 0.277 e. The second kappa shape index (κ2) is 11.6. The number of phenols is 1. The van der Waals surface area contributed by atoms with Crippen molar-refractivity contribution < 1.29 is 14.6 Å². The monoisotopic (exact) mass is 486 g/mol. The topological polar surface area (TPSA) is 95.6 Å². The molecule has 0 saturated heterocycles. The summed E-state index contributed by atoms with van der Waals surface area (Å²) in [5.41, 5.74) is 5.55. The molecule has 0 unspecified atom stereocenters. The van der Waals surface area contributed by atoms with Gasteiger partial charge in [0.05, 0.1) is 17.6 Å². The number of carbonyl (C=O) groups is 1. The van der Waals surface area contributed by atoms with E-state index in [1.54, 1.807) is 12.1 Å². The zero-order valence-electron chi connectivity index (χ0n) is 21.5. The quantitative estimate of drug-likeness (QED) is 0.193. The highest BCUT2D eigenvalue weighted by Crippen LogP contribution is 2.36. The van der Waals surface area contributed by atoms with Crippen LogP contribution in [0.5, 0.6) is 11.5 Å². The zero-order chi connectivity index (χ0) is 26.2. The van der Waals surface area contributed by atoms with Gasteiger partial charge in [0.2, 0.25) is 0 Å². The van der Waals surface area contributed by atoms with Gasteiger partial charge in [-0.2, -0.15) is 15.3 Å². The Labute approximate surface area is 212 Å². The molecule has 0 atom stereocenters. The Morgan fingerprint density at radius 3 is 2.25 bits per heavy atom. The van der Waals surface area contributed by atoms with Gasteiger partial charge in [-0.3, -0.25) is 4.79 Å². The van der Waals surface area contributed by atoms with Crippen LogP contribution < -0.4 is 10.2 Å². The van der Waals surface area contributed by atoms with Crippen LogP contribution in [0.2, 0.25) is 0 Å². The van der Waals surface area contributed by atoms with Crippen molar-refractivity contribution >= 4 is 23.5 Å². The molecule has 0 saturated carbocycles. The van der Waals surface area contributed by atoms with Crippen molar-refractivity contribution in [2.24, 2.45) is 20.7 Å². The molecular weight excluding hydrogens is 452 g/mol. The number of phenolic OH excluding ortho intramolecular Hbond substituents is 1. The number of hydrogen-bond donors (Lipinski definition) is 2. The number of azo groups is 1. The fraction of sp³-hybridized carbons (Fsp3) is 0.310. The van der Waals surface area contributed by atoms with Crippen LogP contribution in [0.4, 0.5) is 11.4 Å². The molecule has 0 bridgehead atoms. The minimum absolute atomic E-state index is 0.0115. The maximum absolute atomic E-state index is 12.2. The van der Waals surface area contributed by atoms with Crippen molar-refractivity contribution in [2.75, 3.05) is 6.61 Å². The molecule has 0 fully saturated rings. The van der Waals surface area contributed by atoms with Crippen LogP contribution in [0, 0.1) is 5.41 Å². The number of hydrazone groups is 1. The second-order valence-electron chi connectivity index (χ2n) is 10.5. The molecule has 188 valence electrons. The molecule has 0 aliphatic rings. The summed E-state index contributed by atoms with van der Waals surface area (Å²) in [5.74, 6) is 0.207. The molecule has 0 heterocycles. The molecule has 0 aliphatic heterocycles. The molecule has 3 aromatic carbocycles. The lowest BCUT2D eigenvalue weighted by atomic mass is 9.72. The second-order valence-corrected chi connectivity index (χ2v) is 10.5. The van der Waals surface area contributed by atoms with Gasteiger partial charge in [-0.1, -0.05) is 65.0 Å². The minimum atomic E-state index is -0.414. The summed E-state index contributed by atoms with van der Waals surface area (Å²) in [5, 5.41) is 22.3. The standard InChI is InChI=1S/C29H34N4O3/c1-28(2,3)20-29(4,5)22-11-14-25(15-12-22)36-19-27(35)33-30-18-21-17-24(13-16-26(21)34)32-31-23-9-7-6-8-10-23/h6-18,34H,19-20H2,1-5H3,(H,33,35). The SMILES string of the molecule is CC(C)(C)CC(C)(C)c1ccc(OCC(=O)NN=Cc2cc(N=Nc3ccccc3)ccc2O)cc1. The van der Waals surface area contributed by atoms with E-state index in [0.717, 1.165) is 12.1 Å². The molecule has 3 aromatic rings. The van der Waals surface area contributed by atoms with Gasteiger partial charge in [-0.25, -0.2) is 5.43 Å². The van der Waals surface area contributed by atoms with Gasteiger partial charge in [0.1, 0.15) is 11.5 Å². The van der Waals surface area contributed by atoms with E-state index < -0.39 is 5.91 Å². The third kappa shape index (κ3) is 8.34. The van der Waals surface area contributed by atoms with E-state index >= 15 is 0 Å². The summed E-state index contributed by atoms with van der Waals surface area (Å²) in [7, 11) is 0. The lowest BCUT2D eigenvalue weighted by Crippen LogP contribution is -2.25. The van der Waals surface area contributed by atoms with Crippen molar-refractivity contribution in [3.63, 3.8) is 0 Å². The highest BCUT2D eigenvalue weighted by molar-refractivity contribution is 5.86. The van der Waals surface area contributed by atoms with Gasteiger partial charge in [0.15, 0.2) is 6.61 Å². The molecule has 2 N–H and O–H groups in total. The number of nitrogens with zero attached hydrogens (tertiary/aromatic N) is 3. The average Bonchev–Trinajstić information content (AvgIpc) is 2.82. The predicted molar refractivity (Wildman–Crippen MR) is 143 cm³/mol. The first-order valence-electron chi connectivity index (χ1n) is 11.9. The largest absolute Gasteiger partial charge is 0.507 e. The molecule has 3 rings (SSSR count). The molecule has 0 aromatic heterocycles. The molecule has 7 heteroatoms. The lowest BCUT2D eigenvalue weighted by molar-refractivity contribution is -0.123. The third-order valence-electron chi connectivity index (χ3n) is 5.42. The Morgan fingerprint density at radius 2 is 1.58 bits per heavy atom. The maximum atomic E-state index is 12.2. The van der Waals surface area contributed by atoms with E-state index in [0.29, 0.717) is 17.0 Å². The Morgan fingerprint density at radius 1 is 0.917 bits per heavy atom. The molecule has 36 heavy (non-hydrogen) atoms. The van der Waals surface area contributed by atoms with Gasteiger partial charge in [-0.05, 0) is 65.3 Å². The van der Waals surface area contributed by atoms with Crippen LogP contribution in [0.1, 0.15) is 52.2 Å². The highest BCUT2D eigenvalue weighted by Gasteiger charge is 2.27. The van der Waals surface area contributed by atoms with Crippen LogP contribution in [-0.4, -0.2) is 23.8 Å². The zero-order valence-corrected chi connectivity index (χ0v) is 21.5. The number of aromatic hydroxyl groups is 1. The number of nitrogens with one attached hydrogen (secondary N) is 1. The number of carbonyl (C=O) groups excluding carboxylic acids is 1. The minimum Gasteiger partial charge on any atom is -0.507 e. The van der Waals surface area contributed by atoms with Gasteiger partial charge in [0, 0.05) is 5.56 Å². The number of benzene rings is 3. The van der Waals surface area contributed by atoms with Gasteiger partial charge < -0.3 is 9.84 Å². The number of amides is 1. The van der Waals surface area contributed by atoms with E-state index in [-0.39, 0.29) is 23.2 Å². The van der Waals surface area contributed by atoms with Crippen molar-refractivity contribution in [1.29, 1.82) is 0 Å². The summed E-state index contributed by atoms with van der Waals surface area (Å²) in [6.07, 6.45) is 2.40. The summed E-state index contributed by atoms with van der Waals surface area (Å²) in [6.45, 7) is 11.0. The van der Waals surface area contributed by atoms with Crippen LogP contribution in [0.15, 0.2) is 88.1 Å². The third-order valence-corrected chi connectivity index (χ3v) is 5.42. The Balaban J connectivity index is 1.52. The van der Waals surface area contributed by atoms with Gasteiger partial charge in [-0.15, -0.1) is 0 Å². The molecule has 0 aliphatic carbocycles. The van der Waals surface area contributed by atoms with Crippen molar-refractivity contribution in [3.05, 3.63) is 83.9 Å². The first kappa shape index (κ1) is 26.6. The Hall–Kier alpha value is -4.00. The molecule has 0 radical (unpaired) electrons. The van der Waals surface area contributed by atoms with E-state index in [1.807, 2.05) is 54.6 Å². The lowest BCUT2D eigenvalue weighted by Gasteiger charge is -2.33. The number of rotatable bonds is 9. The first-order chi connectivity index (χ1) is 17.0. The maximum Gasteiger partial charge on any atom is 0.277 e. The summed E-state index contributed by atoms with van der Waals surface area (Å²) < 4.78 is 5.59. The van der Waals surface area contributed by atoms with Gasteiger partial charge >= 0.3 is 0 Å². The van der Waals surface area contributed by atoms with Crippen molar-refractivity contribution in [1.82, 2.24) is 5.43 Å². The fourth-order valence-electron chi connectivity index (χ4n) is 4.10. The van der Waals surface area contributed by atoms with Crippen LogP contribution in [0.3, 0.4) is 0 Å². The Kier molecular flexibility index (Phi) is 8.59. The van der Waals surface area contributed by atoms with Crippen molar-refractivity contribution in [2.45, 2.75) is 46.5 Å². The fourth-order valence-corrected chi connectivity index (χ4v) is 4.10. The molecule has 1 amide bonds. The van der Waals surface area contributed by atoms with Crippen LogP contribution in [-0.2, 0) is 10.2 Å². The van der Waals surface area contributed by atoms with Crippen LogP contribution >= 0.6 is 0 Å². The van der Waals surface area contributed by atoms with E-state index in [4.69, 9.17) is 4.74 Å². The highest BCUT2D eigenvalue weighted by atomic mass is 16.5. The molecule has 7 nitrogen and oxygen atoms in total. The summed E-state index contributed by atoms with van der Waals surface area (Å²) in [4.78, 5) is 12.2. The number of hydrogen-bond acceptors (Lipinski definition) is 6. The van der Waals surface area contributed by atoms with Crippen molar-refractivity contribution in [3.8, 4) is 11.5 Å². The molecular formula is C29H34N4O3.